The first-order chi connectivity index (χ1) is 15.6. The summed E-state index contributed by atoms with van der Waals surface area (Å²) in [4.78, 5) is 19.3. The minimum atomic E-state index is -1.23. The predicted molar refractivity (Wildman–Crippen MR) is 126 cm³/mol. The van der Waals surface area contributed by atoms with Gasteiger partial charge >= 0.3 is 6.09 Å². The van der Waals surface area contributed by atoms with Gasteiger partial charge in [-0.2, -0.15) is 10.2 Å². The quantitative estimate of drug-likeness (QED) is 0.417. The molecule has 1 saturated heterocycles. The third-order valence-corrected chi connectivity index (χ3v) is 6.76. The van der Waals surface area contributed by atoms with Gasteiger partial charge in [-0.1, -0.05) is 11.3 Å². The zero-order valence-electron chi connectivity index (χ0n) is 19.4. The van der Waals surface area contributed by atoms with Crippen molar-refractivity contribution in [1.29, 1.82) is 0 Å². The van der Waals surface area contributed by atoms with Gasteiger partial charge in [0.25, 0.3) is 0 Å². The summed E-state index contributed by atoms with van der Waals surface area (Å²) in [5, 5.41) is 11.1. The molecule has 1 amide bonds. The number of piperidine rings is 1. The van der Waals surface area contributed by atoms with Crippen LogP contribution in [-0.4, -0.2) is 60.4 Å². The summed E-state index contributed by atoms with van der Waals surface area (Å²) in [6, 6.07) is 3.75. The third kappa shape index (κ3) is 4.19. The number of carbonyl (C=O) groups excluding carboxylic acids is 1. The van der Waals surface area contributed by atoms with Crippen molar-refractivity contribution in [3.8, 4) is 10.6 Å². The molecule has 1 aromatic carbocycles. The van der Waals surface area contributed by atoms with Gasteiger partial charge in [-0.25, -0.2) is 14.2 Å². The maximum Gasteiger partial charge on any atom is 0.410 e. The van der Waals surface area contributed by atoms with E-state index in [9.17, 15) is 4.79 Å². The second-order valence-electron chi connectivity index (χ2n) is 9.65. The second-order valence-corrected chi connectivity index (χ2v) is 10.6. The fourth-order valence-electron chi connectivity index (χ4n) is 4.27. The van der Waals surface area contributed by atoms with Gasteiger partial charge in [-0.05, 0) is 51.8 Å². The van der Waals surface area contributed by atoms with Crippen LogP contribution in [0.15, 0.2) is 24.5 Å². The van der Waals surface area contributed by atoms with Crippen LogP contribution in [0, 0.1) is 6.92 Å². The number of alkyl halides is 1. The largest absolute Gasteiger partial charge is 0.444 e. The number of hydrogen-bond acceptors (Lipinski definition) is 6. The number of amides is 1. The first-order valence-corrected chi connectivity index (χ1v) is 11.8. The lowest BCUT2D eigenvalue weighted by molar-refractivity contribution is 0.00581. The summed E-state index contributed by atoms with van der Waals surface area (Å²) >= 11 is 1.50. The minimum absolute atomic E-state index is 0.00380. The van der Waals surface area contributed by atoms with E-state index < -0.39 is 23.9 Å². The van der Waals surface area contributed by atoms with Crippen molar-refractivity contribution < 1.29 is 13.9 Å². The van der Waals surface area contributed by atoms with Crippen molar-refractivity contribution in [2.24, 2.45) is 7.05 Å². The fraction of sp³-hybridized carbons (Fsp3) is 0.478. The van der Waals surface area contributed by atoms with Crippen LogP contribution >= 0.6 is 11.3 Å². The molecule has 0 bridgehead atoms. The van der Waals surface area contributed by atoms with E-state index in [0.717, 1.165) is 37.4 Å². The van der Waals surface area contributed by atoms with Gasteiger partial charge in [-0.3, -0.25) is 9.36 Å². The average molecular weight is 471 g/mol. The lowest BCUT2D eigenvalue weighted by Gasteiger charge is -2.35. The van der Waals surface area contributed by atoms with Crippen LogP contribution in [0.25, 0.3) is 31.8 Å². The highest BCUT2D eigenvalue weighted by molar-refractivity contribution is 7.21. The lowest BCUT2D eigenvalue weighted by atomic mass is 10.0. The van der Waals surface area contributed by atoms with Gasteiger partial charge in [0.1, 0.15) is 22.3 Å². The number of fused-ring (bicyclic) bond motifs is 2. The van der Waals surface area contributed by atoms with Gasteiger partial charge in [0.2, 0.25) is 0 Å². The first-order valence-electron chi connectivity index (χ1n) is 11.0. The molecule has 3 aromatic heterocycles. The number of likely N-dealkylation sites (tertiary alicyclic amines) is 1. The fourth-order valence-corrected chi connectivity index (χ4v) is 5.17. The van der Waals surface area contributed by atoms with Crippen LogP contribution in [0.1, 0.15) is 38.8 Å². The van der Waals surface area contributed by atoms with E-state index in [1.54, 1.807) is 25.5 Å². The Labute approximate surface area is 195 Å². The van der Waals surface area contributed by atoms with Crippen molar-refractivity contribution in [3.63, 3.8) is 0 Å². The molecule has 1 aliphatic rings. The number of benzene rings is 1. The second kappa shape index (κ2) is 7.79. The van der Waals surface area contributed by atoms with E-state index in [-0.39, 0.29) is 6.54 Å². The molecule has 2 atom stereocenters. The normalized spacial score (nSPS) is 19.5. The Morgan fingerprint density at radius 1 is 1.24 bits per heavy atom. The standard InChI is InChI=1S/C23H27FN6O2S/c1-13-8-14(9-15-10-28(5)26-19(13)15)20-25-17-12-30(27-21(17)33-20)18-6-7-29(11-16(18)24)22(31)32-23(2,3)4/h8-10,12,16,18H,6-7,11H2,1-5H3/t16-,18-/m1/s1. The predicted octanol–water partition coefficient (Wildman–Crippen LogP) is 4.87. The summed E-state index contributed by atoms with van der Waals surface area (Å²) in [7, 11) is 1.91. The maximum absolute atomic E-state index is 15.0. The zero-order chi connectivity index (χ0) is 23.5. The zero-order valence-corrected chi connectivity index (χ0v) is 20.2. The molecule has 5 rings (SSSR count). The summed E-state index contributed by atoms with van der Waals surface area (Å²) in [6.45, 7) is 7.88. The molecule has 33 heavy (non-hydrogen) atoms. The molecule has 0 unspecified atom stereocenters. The summed E-state index contributed by atoms with van der Waals surface area (Å²) < 4.78 is 23.9. The molecule has 174 valence electrons. The van der Waals surface area contributed by atoms with Crippen LogP contribution in [0.5, 0.6) is 0 Å². The Kier molecular flexibility index (Phi) is 5.15. The Morgan fingerprint density at radius 3 is 2.73 bits per heavy atom. The van der Waals surface area contributed by atoms with Gasteiger partial charge in [0.15, 0.2) is 4.83 Å². The van der Waals surface area contributed by atoms with Crippen LogP contribution in [0.3, 0.4) is 0 Å². The SMILES string of the molecule is Cc1cc(-c2nc3cn([C@@H]4CCN(C(=O)OC(C)(C)C)C[C@H]4F)nc3s2)cc2cn(C)nc12. The molecule has 1 fully saturated rings. The first kappa shape index (κ1) is 21.8. The molecule has 10 heteroatoms. The third-order valence-electron chi connectivity index (χ3n) is 5.75. The van der Waals surface area contributed by atoms with Gasteiger partial charge in [0.05, 0.1) is 24.3 Å². The van der Waals surface area contributed by atoms with E-state index in [1.165, 1.54) is 16.2 Å². The van der Waals surface area contributed by atoms with E-state index in [0.29, 0.717) is 13.0 Å². The van der Waals surface area contributed by atoms with Crippen molar-refractivity contribution in [1.82, 2.24) is 29.4 Å². The highest BCUT2D eigenvalue weighted by Crippen LogP contribution is 2.34. The van der Waals surface area contributed by atoms with E-state index in [1.807, 2.05) is 31.0 Å². The highest BCUT2D eigenvalue weighted by Gasteiger charge is 2.35. The smallest absolute Gasteiger partial charge is 0.410 e. The number of aromatic nitrogens is 5. The molecule has 4 heterocycles. The summed E-state index contributed by atoms with van der Waals surface area (Å²) in [6.07, 6.45) is 2.58. The molecule has 0 aliphatic carbocycles. The number of hydrogen-bond donors (Lipinski definition) is 0. The molecular formula is C23H27FN6O2S. The van der Waals surface area contributed by atoms with Crippen LogP contribution in [0.2, 0.25) is 0 Å². The van der Waals surface area contributed by atoms with Crippen LogP contribution < -0.4 is 0 Å². The Bertz CT molecular complexity index is 1320. The molecule has 4 aromatic rings. The molecule has 0 N–H and O–H groups in total. The molecule has 0 saturated carbocycles. The molecule has 8 nitrogen and oxygen atoms in total. The van der Waals surface area contributed by atoms with Gasteiger partial charge in [-0.15, -0.1) is 0 Å². The van der Waals surface area contributed by atoms with Crippen molar-refractivity contribution in [2.75, 3.05) is 13.1 Å². The highest BCUT2D eigenvalue weighted by atomic mass is 32.1. The monoisotopic (exact) mass is 470 g/mol. The Balaban J connectivity index is 1.34. The lowest BCUT2D eigenvalue weighted by Crippen LogP contribution is -2.47. The summed E-state index contributed by atoms with van der Waals surface area (Å²) in [5.41, 5.74) is 3.25. The summed E-state index contributed by atoms with van der Waals surface area (Å²) in [5.74, 6) is 0. The number of aryl methyl sites for hydroxylation is 2. The Morgan fingerprint density at radius 2 is 2.03 bits per heavy atom. The van der Waals surface area contributed by atoms with Crippen molar-refractivity contribution in [3.05, 3.63) is 30.1 Å². The number of halogens is 1. The topological polar surface area (TPSA) is 78.1 Å². The number of ether oxygens (including phenoxy) is 1. The Hall–Kier alpha value is -3.01. The van der Waals surface area contributed by atoms with E-state index in [2.05, 4.69) is 22.3 Å². The van der Waals surface area contributed by atoms with E-state index in [4.69, 9.17) is 9.72 Å². The number of thiazole rings is 1. The maximum atomic E-state index is 15.0. The minimum Gasteiger partial charge on any atom is -0.444 e. The molecular weight excluding hydrogens is 443 g/mol. The van der Waals surface area contributed by atoms with Crippen LogP contribution in [0.4, 0.5) is 9.18 Å². The van der Waals surface area contributed by atoms with Gasteiger partial charge in [0, 0.05) is 30.7 Å². The van der Waals surface area contributed by atoms with Crippen molar-refractivity contribution in [2.45, 2.75) is 51.9 Å². The number of nitrogens with zero attached hydrogens (tertiary/aromatic N) is 6. The van der Waals surface area contributed by atoms with Crippen LogP contribution in [-0.2, 0) is 11.8 Å². The van der Waals surface area contributed by atoms with E-state index >= 15 is 4.39 Å². The number of carbonyl (C=O) groups is 1. The molecule has 0 radical (unpaired) electrons. The average Bonchev–Trinajstić information content (AvgIpc) is 3.38. The number of rotatable bonds is 2. The van der Waals surface area contributed by atoms with Crippen molar-refractivity contribution >= 4 is 38.7 Å². The molecule has 1 aliphatic heterocycles. The molecule has 0 spiro atoms. The van der Waals surface area contributed by atoms with Gasteiger partial charge < -0.3 is 9.64 Å².